The Morgan fingerprint density at radius 3 is 2.66 bits per heavy atom. The van der Waals surface area contributed by atoms with E-state index in [0.29, 0.717) is 35.9 Å². The number of aromatic nitrogens is 5. The van der Waals surface area contributed by atoms with Crippen LogP contribution in [0.3, 0.4) is 0 Å². The summed E-state index contributed by atoms with van der Waals surface area (Å²) in [6, 6.07) is 11.5. The molecule has 4 aromatic heterocycles. The van der Waals surface area contributed by atoms with Crippen LogP contribution in [0.15, 0.2) is 61.2 Å². The Kier molecular flexibility index (Phi) is 8.59. The fourth-order valence-corrected chi connectivity index (χ4v) is 5.27. The Balaban J connectivity index is 1.36. The van der Waals surface area contributed by atoms with E-state index < -0.39 is 6.09 Å². The molecule has 0 bridgehead atoms. The molecule has 0 saturated carbocycles. The molecule has 5 aromatic rings. The fourth-order valence-electron chi connectivity index (χ4n) is 4.28. The van der Waals surface area contributed by atoms with E-state index in [0.717, 1.165) is 39.5 Å². The molecule has 12 heteroatoms. The number of amides is 2. The number of ether oxygens (including phenoxy) is 1. The summed E-state index contributed by atoms with van der Waals surface area (Å²) in [7, 11) is 1.86. The fraction of sp³-hybridized carbons (Fsp3) is 0.276. The van der Waals surface area contributed by atoms with E-state index in [4.69, 9.17) is 9.72 Å². The van der Waals surface area contributed by atoms with Gasteiger partial charge in [-0.3, -0.25) is 13.9 Å². The molecule has 11 nitrogen and oxygen atoms in total. The third-order valence-electron chi connectivity index (χ3n) is 6.31. The molecule has 5 rings (SSSR count). The van der Waals surface area contributed by atoms with Crippen molar-refractivity contribution in [1.29, 1.82) is 0 Å². The van der Waals surface area contributed by atoms with Gasteiger partial charge in [0.15, 0.2) is 11.5 Å². The minimum Gasteiger partial charge on any atom is -0.445 e. The quantitative estimate of drug-likeness (QED) is 0.206. The van der Waals surface area contributed by atoms with Crippen molar-refractivity contribution in [3.63, 3.8) is 0 Å². The third kappa shape index (κ3) is 6.72. The van der Waals surface area contributed by atoms with Crippen LogP contribution in [-0.4, -0.2) is 49.2 Å². The number of nitrogens with one attached hydrogen (secondary N) is 3. The monoisotopic (exact) mass is 572 g/mol. The molecule has 1 aromatic carbocycles. The second-order valence-electron chi connectivity index (χ2n) is 9.56. The summed E-state index contributed by atoms with van der Waals surface area (Å²) in [6.45, 7) is 5.10. The second-order valence-corrected chi connectivity index (χ2v) is 10.6. The lowest BCUT2D eigenvalue weighted by atomic mass is 10.2. The van der Waals surface area contributed by atoms with Crippen LogP contribution in [0.4, 0.5) is 15.6 Å². The topological polar surface area (TPSA) is 127 Å². The number of hydrogen-bond acceptors (Lipinski definition) is 8. The van der Waals surface area contributed by atoms with E-state index in [-0.39, 0.29) is 12.5 Å². The Morgan fingerprint density at radius 2 is 1.90 bits per heavy atom. The molecule has 0 saturated heterocycles. The maximum atomic E-state index is 12.6. The number of alkyl carbamates (subject to hydrolysis) is 1. The number of benzene rings is 1. The summed E-state index contributed by atoms with van der Waals surface area (Å²) >= 11 is 1.37. The number of imidazole rings is 1. The molecule has 212 valence electrons. The zero-order valence-electron chi connectivity index (χ0n) is 23.2. The van der Waals surface area contributed by atoms with Gasteiger partial charge >= 0.3 is 6.09 Å². The normalized spacial score (nSPS) is 11.0. The summed E-state index contributed by atoms with van der Waals surface area (Å²) in [5.74, 6) is 0.463. The van der Waals surface area contributed by atoms with E-state index >= 15 is 0 Å². The highest BCUT2D eigenvalue weighted by Crippen LogP contribution is 2.31. The number of carbonyl (C=O) groups excluding carboxylic acids is 2. The highest BCUT2D eigenvalue weighted by molar-refractivity contribution is 7.18. The van der Waals surface area contributed by atoms with Gasteiger partial charge in [-0.2, -0.15) is 5.10 Å². The number of thiophene rings is 1. The van der Waals surface area contributed by atoms with Crippen LogP contribution in [0.5, 0.6) is 0 Å². The first-order chi connectivity index (χ1) is 19.9. The largest absolute Gasteiger partial charge is 0.445 e. The molecule has 4 heterocycles. The molecule has 0 radical (unpaired) electrons. The van der Waals surface area contributed by atoms with Gasteiger partial charge in [0.25, 0.3) is 5.91 Å². The SMILES string of the molecule is CCCNC(=O)c1sc(Nc2nc(CCNC(=O)OCc3ccccc3)cn3c(-c4cnn(C)c4)cnc23)cc1C. The van der Waals surface area contributed by atoms with Crippen molar-refractivity contribution in [3.05, 3.63) is 82.9 Å². The molecule has 0 aliphatic heterocycles. The van der Waals surface area contributed by atoms with Crippen LogP contribution in [0.2, 0.25) is 0 Å². The number of fused-ring (bicyclic) bond motifs is 1. The van der Waals surface area contributed by atoms with Crippen LogP contribution < -0.4 is 16.0 Å². The number of anilines is 2. The highest BCUT2D eigenvalue weighted by Gasteiger charge is 2.18. The molecule has 0 unspecified atom stereocenters. The Labute approximate surface area is 241 Å². The average molecular weight is 573 g/mol. The lowest BCUT2D eigenvalue weighted by Crippen LogP contribution is -2.26. The molecule has 0 aliphatic carbocycles. The molecule has 0 aliphatic rings. The number of rotatable bonds is 11. The van der Waals surface area contributed by atoms with Gasteiger partial charge in [-0.05, 0) is 30.5 Å². The summed E-state index contributed by atoms with van der Waals surface area (Å²) in [5.41, 5.74) is 4.94. The Morgan fingerprint density at radius 1 is 1.07 bits per heavy atom. The van der Waals surface area contributed by atoms with Gasteiger partial charge in [0.2, 0.25) is 0 Å². The van der Waals surface area contributed by atoms with Crippen molar-refractivity contribution in [3.8, 4) is 11.3 Å². The van der Waals surface area contributed by atoms with Crippen molar-refractivity contribution in [1.82, 2.24) is 34.8 Å². The van der Waals surface area contributed by atoms with E-state index in [1.54, 1.807) is 17.1 Å². The first-order valence-electron chi connectivity index (χ1n) is 13.4. The minimum absolute atomic E-state index is 0.0841. The summed E-state index contributed by atoms with van der Waals surface area (Å²) in [4.78, 5) is 35.0. The third-order valence-corrected chi connectivity index (χ3v) is 7.46. The van der Waals surface area contributed by atoms with E-state index in [1.165, 1.54) is 11.3 Å². The summed E-state index contributed by atoms with van der Waals surface area (Å²) < 4.78 is 9.02. The molecular formula is C29H32N8O3S. The molecule has 0 spiro atoms. The molecule has 3 N–H and O–H groups in total. The highest BCUT2D eigenvalue weighted by atomic mass is 32.1. The standard InChI is InChI=1S/C29H32N8O3S/c1-4-11-30-28(38)25-19(2)13-24(41-25)35-26-27-32-15-23(21-14-33-36(3)16-21)37(27)17-22(34-26)10-12-31-29(39)40-18-20-8-6-5-7-9-20/h5-9,13-17H,4,10-12,18H2,1-3H3,(H,30,38)(H,31,39)(H,34,35). The van der Waals surface area contributed by atoms with Gasteiger partial charge in [0.05, 0.1) is 33.7 Å². The van der Waals surface area contributed by atoms with Gasteiger partial charge in [-0.25, -0.2) is 14.8 Å². The summed E-state index contributed by atoms with van der Waals surface area (Å²) in [6.07, 6.45) is 8.24. The molecular weight excluding hydrogens is 540 g/mol. The van der Waals surface area contributed by atoms with Crippen LogP contribution in [0.25, 0.3) is 16.9 Å². The van der Waals surface area contributed by atoms with Crippen molar-refractivity contribution in [2.24, 2.45) is 7.05 Å². The predicted octanol–water partition coefficient (Wildman–Crippen LogP) is 4.85. The maximum absolute atomic E-state index is 12.6. The zero-order chi connectivity index (χ0) is 28.8. The second kappa shape index (κ2) is 12.6. The smallest absolute Gasteiger partial charge is 0.407 e. The molecule has 2 amide bonds. The lowest BCUT2D eigenvalue weighted by molar-refractivity contribution is 0.0957. The van der Waals surface area contributed by atoms with Gasteiger partial charge in [-0.15, -0.1) is 11.3 Å². The average Bonchev–Trinajstić information content (AvgIpc) is 3.69. The maximum Gasteiger partial charge on any atom is 0.407 e. The zero-order valence-corrected chi connectivity index (χ0v) is 24.0. The minimum atomic E-state index is -0.491. The van der Waals surface area contributed by atoms with E-state index in [2.05, 4.69) is 26.0 Å². The van der Waals surface area contributed by atoms with E-state index in [1.807, 2.05) is 74.1 Å². The van der Waals surface area contributed by atoms with E-state index in [9.17, 15) is 9.59 Å². The number of nitrogens with zero attached hydrogens (tertiary/aromatic N) is 5. The molecule has 0 atom stereocenters. The summed E-state index contributed by atoms with van der Waals surface area (Å²) in [5, 5.41) is 14.2. The molecule has 0 fully saturated rings. The number of aryl methyl sites for hydroxylation is 2. The first kappa shape index (κ1) is 27.8. The van der Waals surface area contributed by atoms with Crippen LogP contribution >= 0.6 is 11.3 Å². The lowest BCUT2D eigenvalue weighted by Gasteiger charge is -2.11. The van der Waals surface area contributed by atoms with Gasteiger partial charge in [0, 0.05) is 44.5 Å². The number of hydrogen-bond donors (Lipinski definition) is 3. The van der Waals surface area contributed by atoms with Crippen LogP contribution in [-0.2, 0) is 24.8 Å². The number of carbonyl (C=O) groups is 2. The predicted molar refractivity (Wildman–Crippen MR) is 158 cm³/mol. The van der Waals surface area contributed by atoms with Gasteiger partial charge < -0.3 is 20.7 Å². The van der Waals surface area contributed by atoms with Gasteiger partial charge in [0.1, 0.15) is 6.61 Å². The van der Waals surface area contributed by atoms with Crippen molar-refractivity contribution in [2.45, 2.75) is 33.3 Å². The van der Waals surface area contributed by atoms with Crippen molar-refractivity contribution in [2.75, 3.05) is 18.4 Å². The first-order valence-corrected chi connectivity index (χ1v) is 14.2. The van der Waals surface area contributed by atoms with Crippen LogP contribution in [0, 0.1) is 6.92 Å². The van der Waals surface area contributed by atoms with Crippen LogP contribution in [0.1, 0.15) is 39.8 Å². The van der Waals surface area contributed by atoms with Crippen molar-refractivity contribution >= 4 is 39.8 Å². The Hall–Kier alpha value is -4.71. The molecule has 41 heavy (non-hydrogen) atoms. The Bertz CT molecular complexity index is 1660. The van der Waals surface area contributed by atoms with Gasteiger partial charge in [-0.1, -0.05) is 37.3 Å². The van der Waals surface area contributed by atoms with Crippen molar-refractivity contribution < 1.29 is 14.3 Å².